The second-order valence-corrected chi connectivity index (χ2v) is 5.09. The molecule has 20 heavy (non-hydrogen) atoms. The molecule has 0 aliphatic carbocycles. The van der Waals surface area contributed by atoms with Gasteiger partial charge in [0.15, 0.2) is 0 Å². The van der Waals surface area contributed by atoms with Gasteiger partial charge in [-0.25, -0.2) is 0 Å². The average molecular weight is 286 g/mol. The normalized spacial score (nSPS) is 11.8. The zero-order valence-corrected chi connectivity index (χ0v) is 12.2. The van der Waals surface area contributed by atoms with Crippen LogP contribution in [0.25, 0.3) is 0 Å². The van der Waals surface area contributed by atoms with E-state index in [0.29, 0.717) is 10.6 Å². The van der Waals surface area contributed by atoms with Crippen molar-refractivity contribution in [1.29, 1.82) is 5.26 Å². The molecular formula is C16H16ClN3. The van der Waals surface area contributed by atoms with Crippen molar-refractivity contribution in [2.45, 2.75) is 13.0 Å². The number of anilines is 2. The maximum absolute atomic E-state index is 9.17. The van der Waals surface area contributed by atoms with Gasteiger partial charge in [0, 0.05) is 23.8 Å². The van der Waals surface area contributed by atoms with Gasteiger partial charge in [0.1, 0.15) is 6.07 Å². The van der Waals surface area contributed by atoms with E-state index in [0.717, 1.165) is 16.9 Å². The molecule has 0 spiro atoms. The summed E-state index contributed by atoms with van der Waals surface area (Å²) in [4.78, 5) is 1.94. The highest BCUT2D eigenvalue weighted by atomic mass is 35.5. The lowest BCUT2D eigenvalue weighted by Crippen LogP contribution is -2.12. The molecule has 4 heteroatoms. The van der Waals surface area contributed by atoms with Gasteiger partial charge in [0.2, 0.25) is 0 Å². The lowest BCUT2D eigenvalue weighted by atomic mass is 10.1. The summed E-state index contributed by atoms with van der Waals surface area (Å²) in [5.74, 6) is 0. The summed E-state index contributed by atoms with van der Waals surface area (Å²) in [5.41, 5.74) is 9.16. The summed E-state index contributed by atoms with van der Waals surface area (Å²) in [5, 5.41) is 9.80. The van der Waals surface area contributed by atoms with E-state index in [1.165, 1.54) is 0 Å². The molecule has 0 radical (unpaired) electrons. The monoisotopic (exact) mass is 285 g/mol. The number of halogens is 1. The maximum atomic E-state index is 9.17. The van der Waals surface area contributed by atoms with E-state index in [9.17, 15) is 0 Å². The minimum atomic E-state index is -0.103. The Hall–Kier alpha value is -2.02. The van der Waals surface area contributed by atoms with E-state index in [2.05, 4.69) is 6.07 Å². The molecule has 0 heterocycles. The number of hydrogen-bond acceptors (Lipinski definition) is 3. The SMILES string of the molecule is CC(N)c1ccc(N(C)c2ccccc2C#N)cc1Cl. The van der Waals surface area contributed by atoms with Crippen LogP contribution in [-0.2, 0) is 0 Å². The first-order valence-corrected chi connectivity index (χ1v) is 6.70. The Morgan fingerprint density at radius 2 is 1.95 bits per heavy atom. The largest absolute Gasteiger partial charge is 0.344 e. The lowest BCUT2D eigenvalue weighted by molar-refractivity contribution is 0.818. The van der Waals surface area contributed by atoms with Gasteiger partial charge in [-0.15, -0.1) is 0 Å². The number of nitrogens with zero attached hydrogens (tertiary/aromatic N) is 2. The first-order valence-electron chi connectivity index (χ1n) is 6.32. The molecular weight excluding hydrogens is 270 g/mol. The maximum Gasteiger partial charge on any atom is 0.101 e. The van der Waals surface area contributed by atoms with Crippen molar-refractivity contribution < 1.29 is 0 Å². The van der Waals surface area contributed by atoms with Crippen LogP contribution in [0.15, 0.2) is 42.5 Å². The Labute approximate surface area is 124 Å². The van der Waals surface area contributed by atoms with E-state index >= 15 is 0 Å². The predicted molar refractivity (Wildman–Crippen MR) is 83.3 cm³/mol. The van der Waals surface area contributed by atoms with E-state index in [4.69, 9.17) is 22.6 Å². The first kappa shape index (κ1) is 14.4. The summed E-state index contributed by atoms with van der Waals surface area (Å²) in [6, 6.07) is 15.3. The highest BCUT2D eigenvalue weighted by Gasteiger charge is 2.11. The Balaban J connectivity index is 2.42. The molecule has 2 aromatic carbocycles. The predicted octanol–water partition coefficient (Wildman–Crippen LogP) is 4.00. The van der Waals surface area contributed by atoms with Crippen LogP contribution >= 0.6 is 11.6 Å². The molecule has 0 aliphatic rings. The molecule has 0 saturated carbocycles. The summed E-state index contributed by atoms with van der Waals surface area (Å²) >= 11 is 6.26. The van der Waals surface area contributed by atoms with Crippen molar-refractivity contribution in [3.8, 4) is 6.07 Å². The van der Waals surface area contributed by atoms with Crippen molar-refractivity contribution in [1.82, 2.24) is 0 Å². The van der Waals surface area contributed by atoms with Crippen molar-refractivity contribution in [3.05, 3.63) is 58.6 Å². The fourth-order valence-corrected chi connectivity index (χ4v) is 2.44. The number of benzene rings is 2. The Bertz CT molecular complexity index is 659. The van der Waals surface area contributed by atoms with Gasteiger partial charge in [0.05, 0.1) is 11.3 Å². The van der Waals surface area contributed by atoms with Crippen LogP contribution in [0, 0.1) is 11.3 Å². The summed E-state index contributed by atoms with van der Waals surface area (Å²) < 4.78 is 0. The summed E-state index contributed by atoms with van der Waals surface area (Å²) in [7, 11) is 1.91. The van der Waals surface area contributed by atoms with Crippen LogP contribution in [0.2, 0.25) is 5.02 Å². The zero-order chi connectivity index (χ0) is 14.7. The molecule has 0 fully saturated rings. The van der Waals surface area contributed by atoms with Crippen LogP contribution < -0.4 is 10.6 Å². The fourth-order valence-electron chi connectivity index (χ4n) is 2.09. The molecule has 2 N–H and O–H groups in total. The number of nitrogens with two attached hydrogens (primary N) is 1. The third-order valence-electron chi connectivity index (χ3n) is 3.25. The van der Waals surface area contributed by atoms with E-state index < -0.39 is 0 Å². The van der Waals surface area contributed by atoms with Crippen LogP contribution in [-0.4, -0.2) is 7.05 Å². The van der Waals surface area contributed by atoms with Gasteiger partial charge in [-0.05, 0) is 36.8 Å². The Morgan fingerprint density at radius 1 is 1.25 bits per heavy atom. The molecule has 0 aromatic heterocycles. The van der Waals surface area contributed by atoms with Crippen molar-refractivity contribution in [2.75, 3.05) is 11.9 Å². The van der Waals surface area contributed by atoms with E-state index in [1.54, 1.807) is 6.07 Å². The minimum absolute atomic E-state index is 0.103. The summed E-state index contributed by atoms with van der Waals surface area (Å²) in [6.45, 7) is 1.90. The van der Waals surface area contributed by atoms with Gasteiger partial charge < -0.3 is 10.6 Å². The third-order valence-corrected chi connectivity index (χ3v) is 3.58. The summed E-state index contributed by atoms with van der Waals surface area (Å²) in [6.07, 6.45) is 0. The third kappa shape index (κ3) is 2.77. The van der Waals surface area contributed by atoms with Crippen molar-refractivity contribution in [3.63, 3.8) is 0 Å². The zero-order valence-electron chi connectivity index (χ0n) is 11.5. The highest BCUT2D eigenvalue weighted by Crippen LogP contribution is 2.31. The minimum Gasteiger partial charge on any atom is -0.344 e. The first-order chi connectivity index (χ1) is 9.54. The molecule has 0 amide bonds. The van der Waals surface area contributed by atoms with Crippen LogP contribution in [0.4, 0.5) is 11.4 Å². The molecule has 1 unspecified atom stereocenters. The molecule has 102 valence electrons. The molecule has 3 nitrogen and oxygen atoms in total. The van der Waals surface area contributed by atoms with Gasteiger partial charge in [-0.2, -0.15) is 5.26 Å². The Morgan fingerprint density at radius 3 is 2.55 bits per heavy atom. The molecule has 2 aromatic rings. The Kier molecular flexibility index (Phi) is 4.29. The second kappa shape index (κ2) is 5.96. The molecule has 0 saturated heterocycles. The van der Waals surface area contributed by atoms with Gasteiger partial charge in [-0.1, -0.05) is 29.8 Å². The quantitative estimate of drug-likeness (QED) is 0.927. The number of rotatable bonds is 3. The fraction of sp³-hybridized carbons (Fsp3) is 0.188. The molecule has 2 rings (SSSR count). The van der Waals surface area contributed by atoms with E-state index in [-0.39, 0.29) is 6.04 Å². The molecule has 0 bridgehead atoms. The van der Waals surface area contributed by atoms with Crippen LogP contribution in [0.1, 0.15) is 24.1 Å². The van der Waals surface area contributed by atoms with Gasteiger partial charge in [0.25, 0.3) is 0 Å². The smallest absolute Gasteiger partial charge is 0.101 e. The van der Waals surface area contributed by atoms with Crippen LogP contribution in [0.5, 0.6) is 0 Å². The number of para-hydroxylation sites is 1. The van der Waals surface area contributed by atoms with E-state index in [1.807, 2.05) is 55.3 Å². The van der Waals surface area contributed by atoms with Crippen LogP contribution in [0.3, 0.4) is 0 Å². The van der Waals surface area contributed by atoms with Gasteiger partial charge >= 0.3 is 0 Å². The van der Waals surface area contributed by atoms with Gasteiger partial charge in [-0.3, -0.25) is 0 Å². The molecule has 1 atom stereocenters. The second-order valence-electron chi connectivity index (χ2n) is 4.68. The molecule has 0 aliphatic heterocycles. The lowest BCUT2D eigenvalue weighted by Gasteiger charge is -2.22. The number of nitriles is 1. The van der Waals surface area contributed by atoms with Crippen molar-refractivity contribution >= 4 is 23.0 Å². The standard InChI is InChI=1S/C16H16ClN3/c1-11(19)14-8-7-13(9-15(14)17)20(2)16-6-4-3-5-12(16)10-18/h3-9,11H,19H2,1-2H3. The average Bonchev–Trinajstić information content (AvgIpc) is 2.45. The highest BCUT2D eigenvalue weighted by molar-refractivity contribution is 6.31. The van der Waals surface area contributed by atoms with Crippen molar-refractivity contribution in [2.24, 2.45) is 5.73 Å². The topological polar surface area (TPSA) is 53.0 Å². The number of hydrogen-bond donors (Lipinski definition) is 1.